The number of hydrogen-bond donors (Lipinski definition) is 1. The van der Waals surface area contributed by atoms with E-state index in [0.29, 0.717) is 0 Å². The number of carboxylic acid groups (broad SMARTS) is 1. The zero-order chi connectivity index (χ0) is 12.3. The van der Waals surface area contributed by atoms with E-state index in [1.807, 2.05) is 58.0 Å². The molecule has 2 nitrogen and oxygen atoms in total. The second-order valence-electron chi connectivity index (χ2n) is 4.85. The summed E-state index contributed by atoms with van der Waals surface area (Å²) in [5.74, 6) is -0.608. The van der Waals surface area contributed by atoms with Crippen LogP contribution in [0.25, 0.3) is 0 Å². The number of carbonyl (C=O) groups is 1. The maximum atomic E-state index is 11.7. The van der Waals surface area contributed by atoms with E-state index in [1.165, 1.54) is 0 Å². The summed E-state index contributed by atoms with van der Waals surface area (Å²) in [7, 11) is 0. The topological polar surface area (TPSA) is 37.3 Å². The molecule has 1 aromatic rings. The van der Waals surface area contributed by atoms with Crippen LogP contribution in [-0.2, 0) is 10.2 Å². The van der Waals surface area contributed by atoms with Crippen LogP contribution >= 0.6 is 0 Å². The fourth-order valence-electron chi connectivity index (χ4n) is 2.66. The Labute approximate surface area is 97.3 Å². The van der Waals surface area contributed by atoms with Gasteiger partial charge in [0.05, 0.1) is 5.41 Å². The minimum absolute atomic E-state index is 0.0624. The first-order chi connectivity index (χ1) is 7.44. The monoisotopic (exact) mass is 220 g/mol. The molecule has 0 bridgehead atoms. The fraction of sp³-hybridized carbons (Fsp3) is 0.500. The van der Waals surface area contributed by atoms with Gasteiger partial charge in [0.2, 0.25) is 0 Å². The van der Waals surface area contributed by atoms with Gasteiger partial charge in [-0.05, 0) is 17.4 Å². The molecule has 0 radical (unpaired) electrons. The molecule has 0 aliphatic carbocycles. The molecule has 1 aromatic carbocycles. The zero-order valence-electron chi connectivity index (χ0n) is 10.4. The minimum atomic E-state index is -0.790. The smallest absolute Gasteiger partial charge is 0.314 e. The van der Waals surface area contributed by atoms with E-state index in [-0.39, 0.29) is 11.8 Å². The number of rotatable bonds is 4. The molecule has 1 rings (SSSR count). The Morgan fingerprint density at radius 2 is 1.50 bits per heavy atom. The molecule has 0 heterocycles. The van der Waals surface area contributed by atoms with E-state index < -0.39 is 11.4 Å². The maximum Gasteiger partial charge on any atom is 0.314 e. The summed E-state index contributed by atoms with van der Waals surface area (Å²) in [5.41, 5.74) is 0.105. The average molecular weight is 220 g/mol. The third-order valence-electron chi connectivity index (χ3n) is 3.43. The van der Waals surface area contributed by atoms with Crippen LogP contribution in [0.5, 0.6) is 0 Å². The van der Waals surface area contributed by atoms with Gasteiger partial charge in [-0.1, -0.05) is 58.0 Å². The molecule has 0 fully saturated rings. The molecule has 16 heavy (non-hydrogen) atoms. The molecule has 0 amide bonds. The predicted octanol–water partition coefficient (Wildman–Crippen LogP) is 3.32. The molecule has 0 aliphatic rings. The molecule has 88 valence electrons. The summed E-state index contributed by atoms with van der Waals surface area (Å²) >= 11 is 0. The van der Waals surface area contributed by atoms with Gasteiger partial charge in [-0.3, -0.25) is 4.79 Å². The lowest BCUT2D eigenvalue weighted by Gasteiger charge is -2.37. The van der Waals surface area contributed by atoms with Crippen molar-refractivity contribution in [3.8, 4) is 0 Å². The molecule has 1 N–H and O–H groups in total. The summed E-state index contributed by atoms with van der Waals surface area (Å²) in [6.45, 7) is 7.89. The average Bonchev–Trinajstić information content (AvgIpc) is 2.18. The Morgan fingerprint density at radius 1 is 1.06 bits per heavy atom. The van der Waals surface area contributed by atoms with Crippen LogP contribution in [0.3, 0.4) is 0 Å². The Bertz CT molecular complexity index is 344. The molecule has 0 spiro atoms. The molecular weight excluding hydrogens is 200 g/mol. The molecule has 0 unspecified atom stereocenters. The maximum absolute atomic E-state index is 11.7. The second-order valence-corrected chi connectivity index (χ2v) is 4.85. The molecular formula is C14H20O2. The summed E-state index contributed by atoms with van der Waals surface area (Å²) in [6.07, 6.45) is 0. The third-order valence-corrected chi connectivity index (χ3v) is 3.43. The van der Waals surface area contributed by atoms with E-state index in [0.717, 1.165) is 5.56 Å². The molecule has 0 saturated carbocycles. The van der Waals surface area contributed by atoms with Crippen molar-refractivity contribution in [2.45, 2.75) is 33.1 Å². The van der Waals surface area contributed by atoms with E-state index in [9.17, 15) is 9.90 Å². The number of hydrogen-bond acceptors (Lipinski definition) is 1. The Kier molecular flexibility index (Phi) is 3.74. The molecule has 0 aliphatic heterocycles. The van der Waals surface area contributed by atoms with Gasteiger partial charge in [0.1, 0.15) is 0 Å². The largest absolute Gasteiger partial charge is 0.481 e. The van der Waals surface area contributed by atoms with Crippen molar-refractivity contribution < 1.29 is 9.90 Å². The van der Waals surface area contributed by atoms with Crippen LogP contribution in [0.15, 0.2) is 30.3 Å². The van der Waals surface area contributed by atoms with E-state index in [4.69, 9.17) is 0 Å². The summed E-state index contributed by atoms with van der Waals surface area (Å²) in [4.78, 5) is 11.7. The van der Waals surface area contributed by atoms with Crippen molar-refractivity contribution >= 4 is 5.97 Å². The van der Waals surface area contributed by atoms with Crippen LogP contribution < -0.4 is 0 Å². The predicted molar refractivity (Wildman–Crippen MR) is 65.4 cm³/mol. The Balaban J connectivity index is 3.40. The normalized spacial score (nSPS) is 12.1. The van der Waals surface area contributed by atoms with E-state index in [1.54, 1.807) is 0 Å². The van der Waals surface area contributed by atoms with Crippen LogP contribution in [0, 0.1) is 11.8 Å². The highest BCUT2D eigenvalue weighted by atomic mass is 16.4. The first kappa shape index (κ1) is 12.8. The standard InChI is InChI=1S/C14H20O2/c1-10(2)14(11(3)4,13(15)16)12-8-6-5-7-9-12/h5-11H,1-4H3,(H,15,16). The van der Waals surface area contributed by atoms with Gasteiger partial charge in [0, 0.05) is 0 Å². The highest BCUT2D eigenvalue weighted by molar-refractivity contribution is 5.82. The van der Waals surface area contributed by atoms with Gasteiger partial charge in [0.15, 0.2) is 0 Å². The first-order valence-corrected chi connectivity index (χ1v) is 5.73. The van der Waals surface area contributed by atoms with Crippen molar-refractivity contribution in [3.63, 3.8) is 0 Å². The number of carboxylic acids is 1. The lowest BCUT2D eigenvalue weighted by molar-refractivity contribution is -0.148. The molecule has 2 heteroatoms. The molecule has 0 atom stereocenters. The van der Waals surface area contributed by atoms with Gasteiger partial charge in [-0.25, -0.2) is 0 Å². The summed E-state index contributed by atoms with van der Waals surface area (Å²) in [5, 5.41) is 9.62. The Morgan fingerprint density at radius 3 is 1.81 bits per heavy atom. The minimum Gasteiger partial charge on any atom is -0.481 e. The van der Waals surface area contributed by atoms with Crippen LogP contribution in [0.2, 0.25) is 0 Å². The number of aliphatic carboxylic acids is 1. The fourth-order valence-corrected chi connectivity index (χ4v) is 2.66. The highest BCUT2D eigenvalue weighted by Crippen LogP contribution is 2.39. The van der Waals surface area contributed by atoms with Gasteiger partial charge < -0.3 is 5.11 Å². The van der Waals surface area contributed by atoms with Gasteiger partial charge in [-0.2, -0.15) is 0 Å². The van der Waals surface area contributed by atoms with Crippen molar-refractivity contribution in [2.75, 3.05) is 0 Å². The number of benzene rings is 1. The van der Waals surface area contributed by atoms with Gasteiger partial charge >= 0.3 is 5.97 Å². The van der Waals surface area contributed by atoms with Crippen molar-refractivity contribution in [3.05, 3.63) is 35.9 Å². The van der Waals surface area contributed by atoms with Crippen LogP contribution in [-0.4, -0.2) is 11.1 Å². The van der Waals surface area contributed by atoms with E-state index >= 15 is 0 Å². The van der Waals surface area contributed by atoms with Gasteiger partial charge in [-0.15, -0.1) is 0 Å². The van der Waals surface area contributed by atoms with Crippen LogP contribution in [0.4, 0.5) is 0 Å². The van der Waals surface area contributed by atoms with Crippen molar-refractivity contribution in [2.24, 2.45) is 11.8 Å². The van der Waals surface area contributed by atoms with E-state index in [2.05, 4.69) is 0 Å². The van der Waals surface area contributed by atoms with Crippen molar-refractivity contribution in [1.29, 1.82) is 0 Å². The lowest BCUT2D eigenvalue weighted by atomic mass is 9.64. The summed E-state index contributed by atoms with van der Waals surface area (Å²) < 4.78 is 0. The van der Waals surface area contributed by atoms with Crippen LogP contribution in [0.1, 0.15) is 33.3 Å². The molecule has 0 saturated heterocycles. The SMILES string of the molecule is CC(C)C(C(=O)O)(c1ccccc1)C(C)C. The first-order valence-electron chi connectivity index (χ1n) is 5.73. The Hall–Kier alpha value is -1.31. The van der Waals surface area contributed by atoms with Gasteiger partial charge in [0.25, 0.3) is 0 Å². The zero-order valence-corrected chi connectivity index (χ0v) is 10.4. The second kappa shape index (κ2) is 4.69. The lowest BCUT2D eigenvalue weighted by Crippen LogP contribution is -2.45. The highest BCUT2D eigenvalue weighted by Gasteiger charge is 2.45. The molecule has 0 aromatic heterocycles. The quantitative estimate of drug-likeness (QED) is 0.845. The summed E-state index contributed by atoms with van der Waals surface area (Å²) in [6, 6.07) is 9.54. The van der Waals surface area contributed by atoms with Crippen molar-refractivity contribution in [1.82, 2.24) is 0 Å². The third kappa shape index (κ3) is 1.84.